The van der Waals surface area contributed by atoms with Crippen molar-refractivity contribution in [2.24, 2.45) is 0 Å². The number of thioether (sulfide) groups is 1. The zero-order valence-corrected chi connectivity index (χ0v) is 71.2. The number of nitrogens with one attached hydrogen (secondary N) is 2. The average molecular weight is 1700 g/mol. The van der Waals surface area contributed by atoms with Crippen LogP contribution in [0, 0.1) is 0 Å². The molecule has 6 fully saturated rings. The van der Waals surface area contributed by atoms with E-state index in [2.05, 4.69) is 35.6 Å². The van der Waals surface area contributed by atoms with E-state index in [1.54, 1.807) is 125 Å². The highest BCUT2D eigenvalue weighted by atomic mass is 32.2. The van der Waals surface area contributed by atoms with Crippen molar-refractivity contribution in [2.75, 3.05) is 102 Å². The molecule has 35 heteroatoms. The Bertz CT molecular complexity index is 5850. The number of imidazole rings is 5. The molecular formula is C89H94N18O16S. The highest BCUT2D eigenvalue weighted by Gasteiger charge is 2.47. The minimum Gasteiger partial charge on any atom is -0.497 e. The lowest BCUT2D eigenvalue weighted by atomic mass is 10.1. The van der Waals surface area contributed by atoms with Gasteiger partial charge in [0.1, 0.15) is 66.1 Å². The highest BCUT2D eigenvalue weighted by Crippen LogP contribution is 2.48. The van der Waals surface area contributed by atoms with E-state index in [1.165, 1.54) is 23.8 Å². The normalized spacial score (nSPS) is 18.9. The van der Waals surface area contributed by atoms with E-state index in [0.717, 1.165) is 128 Å². The summed E-state index contributed by atoms with van der Waals surface area (Å²) < 4.78 is 40.7. The summed E-state index contributed by atoms with van der Waals surface area (Å²) in [5.74, 6) is 2.73. The number of nitrogens with zero attached hydrogens (tertiary/aromatic N) is 16. The number of aromatic nitrogens is 10. The smallest absolute Gasteiger partial charge is 0.358 e. The number of hydrogen-bond donors (Lipinski definition) is 2. The van der Waals surface area contributed by atoms with Gasteiger partial charge in [0.25, 0.3) is 47.3 Å². The summed E-state index contributed by atoms with van der Waals surface area (Å²) >= 11 is 1.25. The van der Waals surface area contributed by atoms with E-state index in [9.17, 15) is 47.9 Å². The lowest BCUT2D eigenvalue weighted by Crippen LogP contribution is -2.32. The minimum atomic E-state index is -0.486. The number of hydrogen-bond acceptors (Lipinski definition) is 22. The summed E-state index contributed by atoms with van der Waals surface area (Å²) in [6, 6.07) is 26.7. The van der Waals surface area contributed by atoms with Crippen LogP contribution >= 0.6 is 11.8 Å². The first kappa shape index (κ1) is 82.7. The Balaban J connectivity index is 0.000000110. The van der Waals surface area contributed by atoms with Crippen molar-refractivity contribution in [1.82, 2.24) is 87.8 Å². The van der Waals surface area contributed by atoms with Crippen LogP contribution in [-0.2, 0) is 4.74 Å². The van der Waals surface area contributed by atoms with Crippen LogP contribution in [0.25, 0.3) is 28.4 Å². The maximum Gasteiger partial charge on any atom is 0.358 e. The minimum absolute atomic E-state index is 0.0124. The Kier molecular flexibility index (Phi) is 22.7. The number of fused-ring (bicyclic) bond motifs is 25. The van der Waals surface area contributed by atoms with Gasteiger partial charge in [-0.3, -0.25) is 66.0 Å². The first-order valence-electron chi connectivity index (χ1n) is 41.5. The summed E-state index contributed by atoms with van der Waals surface area (Å²) in [6.45, 7) is 5.35. The van der Waals surface area contributed by atoms with E-state index in [-0.39, 0.29) is 94.3 Å². The van der Waals surface area contributed by atoms with Gasteiger partial charge in [0, 0.05) is 59.9 Å². The van der Waals surface area contributed by atoms with Crippen LogP contribution in [0.2, 0.25) is 0 Å². The van der Waals surface area contributed by atoms with Gasteiger partial charge in [-0.15, -0.1) is 0 Å². The number of esters is 1. The van der Waals surface area contributed by atoms with Gasteiger partial charge in [-0.05, 0) is 174 Å². The monoisotopic (exact) mass is 1700 g/mol. The van der Waals surface area contributed by atoms with E-state index >= 15 is 0 Å². The maximum absolute atomic E-state index is 13.2. The number of carbonyl (C=O) groups excluding carboxylic acids is 10. The van der Waals surface area contributed by atoms with Gasteiger partial charge < -0.3 is 68.5 Å². The van der Waals surface area contributed by atoms with Gasteiger partial charge in [0.2, 0.25) is 5.12 Å². The molecule has 642 valence electrons. The van der Waals surface area contributed by atoms with Crippen molar-refractivity contribution in [3.63, 3.8) is 0 Å². The van der Waals surface area contributed by atoms with Gasteiger partial charge in [-0.1, -0.05) is 18.7 Å². The molecule has 1 aliphatic carbocycles. The van der Waals surface area contributed by atoms with Crippen LogP contribution < -0.4 is 34.3 Å². The number of rotatable bonds is 12. The fourth-order valence-corrected chi connectivity index (χ4v) is 19.2. The fraction of sp³-hybridized carbons (Fsp3) is 0.382. The molecule has 5 atom stereocenters. The maximum atomic E-state index is 13.2. The quantitative estimate of drug-likeness (QED) is 0.107. The predicted octanol–water partition coefficient (Wildman–Crippen LogP) is 10.5. The van der Waals surface area contributed by atoms with E-state index in [0.29, 0.717) is 124 Å². The lowest BCUT2D eigenvalue weighted by Gasteiger charge is -2.23. The molecule has 10 aromatic rings. The number of benzene rings is 5. The molecule has 1 saturated carbocycles. The summed E-state index contributed by atoms with van der Waals surface area (Å²) in [4.78, 5) is 160. The Morgan fingerprint density at radius 1 is 0.387 bits per heavy atom. The molecule has 5 aromatic heterocycles. The molecule has 8 amide bonds. The Morgan fingerprint density at radius 3 is 0.944 bits per heavy atom. The van der Waals surface area contributed by atoms with E-state index in [4.69, 9.17) is 28.4 Å². The molecule has 0 unspecified atom stereocenters. The number of amides is 8. The van der Waals surface area contributed by atoms with Gasteiger partial charge in [0.05, 0.1) is 158 Å². The molecular weight excluding hydrogens is 1610 g/mol. The van der Waals surface area contributed by atoms with Gasteiger partial charge in [0.15, 0.2) is 22.8 Å². The van der Waals surface area contributed by atoms with E-state index < -0.39 is 5.97 Å². The molecule has 0 spiro atoms. The van der Waals surface area contributed by atoms with Crippen molar-refractivity contribution < 1.29 is 76.4 Å². The predicted molar refractivity (Wildman–Crippen MR) is 451 cm³/mol. The van der Waals surface area contributed by atoms with Crippen LogP contribution in [0.5, 0.6) is 28.7 Å². The van der Waals surface area contributed by atoms with Crippen molar-refractivity contribution >= 4 is 70.1 Å². The van der Waals surface area contributed by atoms with E-state index in [1.807, 2.05) is 109 Å². The second-order valence-electron chi connectivity index (χ2n) is 31.7. The number of carbonyl (C=O) groups is 10. The third kappa shape index (κ3) is 14.4. The third-order valence-corrected chi connectivity index (χ3v) is 25.4. The average Bonchev–Trinajstić information content (AvgIpc) is 1.61. The van der Waals surface area contributed by atoms with Crippen LogP contribution in [0.3, 0.4) is 0 Å². The van der Waals surface area contributed by atoms with Crippen molar-refractivity contribution in [3.05, 3.63) is 207 Å². The molecule has 11 aliphatic rings. The molecule has 124 heavy (non-hydrogen) atoms. The first-order chi connectivity index (χ1) is 60.1. The molecule has 0 bridgehead atoms. The lowest BCUT2D eigenvalue weighted by molar-refractivity contribution is 0.0584. The van der Waals surface area contributed by atoms with Crippen LogP contribution in [-0.4, -0.2) is 244 Å². The Labute approximate surface area is 717 Å². The standard InChI is InChI=1S/C19H20N4O3.C18H20N4O3.C18H19N3O3S.C17H18N4O3.C17H17N3O4/c1-26-12-6-7-14-13(9-12)19(25)22-8-2-3-15(22)17-16(20-10-23(14)17)18(24)21-11-4-5-11;1-20(2)18(24)15-16-14-5-4-8-21(14)17(23)12-9-11(25-3)6-7-13(12)22(16)10-19-15;1-3-25-18(23)15-16-14-5-4-8-20(14)17(22)12-9-11(24-2)6-7-13(12)21(16)10-19-15;1-18-16(22)14-15-13-4-3-7-20(13)17(23)11-8-10(24-2)5-6-12(11)21(15)9-19-14;1-23-10-5-6-12-11(8-10)16(21)19-7-3-4-13(19)15-14(17(22)24-2)18-9-20(12)15/h6-7,9-11,15H,2-5,8H2,1H3,(H,21,24);6-7,9-10,14H,4-5,8H2,1-3H3;6-7,9-10,14H,3-5,8H2,1-2H3;5-6,8-9,13H,3-4,7H2,1-2H3,(H,18,22);5-6,8-9,13H,3-4,7H2,1-2H3/t15-;2*14-;2*13-/m00000/s1. The molecule has 21 rings (SSSR count). The molecule has 15 heterocycles. The Morgan fingerprint density at radius 2 is 0.661 bits per heavy atom. The zero-order valence-electron chi connectivity index (χ0n) is 70.3. The molecule has 2 N–H and O–H groups in total. The number of ether oxygens (including phenoxy) is 6. The zero-order chi connectivity index (χ0) is 86.8. The summed E-state index contributed by atoms with van der Waals surface area (Å²) in [5.41, 5.74) is 12.5. The number of methoxy groups -OCH3 is 6. The van der Waals surface area contributed by atoms with Crippen molar-refractivity contribution in [1.29, 1.82) is 0 Å². The molecule has 0 radical (unpaired) electrons. The third-order valence-electron chi connectivity index (χ3n) is 24.7. The molecule has 34 nitrogen and oxygen atoms in total. The van der Waals surface area contributed by atoms with Crippen LogP contribution in [0.4, 0.5) is 0 Å². The van der Waals surface area contributed by atoms with Crippen LogP contribution in [0.1, 0.15) is 247 Å². The largest absolute Gasteiger partial charge is 0.497 e. The second-order valence-corrected chi connectivity index (χ2v) is 32.9. The summed E-state index contributed by atoms with van der Waals surface area (Å²) in [6.07, 6.45) is 18.9. The molecule has 5 aromatic carbocycles. The van der Waals surface area contributed by atoms with Gasteiger partial charge >= 0.3 is 5.97 Å². The van der Waals surface area contributed by atoms with Crippen molar-refractivity contribution in [3.8, 4) is 57.2 Å². The fourth-order valence-electron chi connectivity index (χ4n) is 18.6. The SMILES string of the molecule is CCSC(=O)c1ncn2c1[C@@H]1CCCN1C(=O)c1cc(OC)ccc1-2.CNC(=O)c1ncn2c1[C@@H]1CCCN1C(=O)c1cc(OC)ccc1-2.COC(=O)c1ncn2c1[C@@H]1CCCN1C(=O)c1cc(OC)ccc1-2.COc1ccc2c(c1)C(=O)N1CCC[C@H]1c1c(C(=O)N(C)C)ncn1-2.COc1ccc2c(c1)C(=O)N1CCC[C@H]1c1c(C(=O)NC3CC3)ncn1-2. The summed E-state index contributed by atoms with van der Waals surface area (Å²) in [7, 11) is 14.2. The van der Waals surface area contributed by atoms with Gasteiger partial charge in [-0.2, -0.15) is 0 Å². The summed E-state index contributed by atoms with van der Waals surface area (Å²) in [5, 5.41) is 5.62. The molecule has 10 aliphatic heterocycles. The highest BCUT2D eigenvalue weighted by molar-refractivity contribution is 8.14. The topological polar surface area (TPSA) is 359 Å². The van der Waals surface area contributed by atoms with Gasteiger partial charge in [-0.25, -0.2) is 29.7 Å². The molecule has 5 saturated heterocycles. The van der Waals surface area contributed by atoms with Crippen molar-refractivity contribution in [2.45, 2.75) is 120 Å². The second kappa shape index (κ2) is 34.0. The Hall–Kier alpha value is -13.6. The first-order valence-corrected chi connectivity index (χ1v) is 42.5. The van der Waals surface area contributed by atoms with Crippen LogP contribution in [0.15, 0.2) is 123 Å².